The molecule has 33 heavy (non-hydrogen) atoms. The molecule has 0 saturated heterocycles. The summed E-state index contributed by atoms with van der Waals surface area (Å²) in [6, 6.07) is 16.6. The van der Waals surface area contributed by atoms with Gasteiger partial charge in [0, 0.05) is 12.1 Å². The fourth-order valence-electron chi connectivity index (χ4n) is 3.07. The lowest BCUT2D eigenvalue weighted by atomic mass is 10.2. The molecule has 2 aromatic heterocycles. The van der Waals surface area contributed by atoms with Gasteiger partial charge in [-0.2, -0.15) is 13.9 Å². The highest BCUT2D eigenvalue weighted by Crippen LogP contribution is 2.37. The highest BCUT2D eigenvalue weighted by molar-refractivity contribution is 7.17. The molecule has 2 atom stereocenters. The minimum absolute atomic E-state index is 0.0394. The second-order valence-electron chi connectivity index (χ2n) is 7.40. The maximum absolute atomic E-state index is 14.1. The first-order valence-corrected chi connectivity index (χ1v) is 10.6. The molecular formula is C22H21F2N6O2P. The Bertz CT molecular complexity index is 1270. The van der Waals surface area contributed by atoms with E-state index in [-0.39, 0.29) is 29.9 Å². The number of alkyl halides is 2. The zero-order valence-electron chi connectivity index (χ0n) is 17.6. The molecule has 0 aliphatic carbocycles. The van der Waals surface area contributed by atoms with Gasteiger partial charge in [-0.1, -0.05) is 39.6 Å². The Hall–Kier alpha value is -3.49. The van der Waals surface area contributed by atoms with Gasteiger partial charge in [-0.15, -0.1) is 10.2 Å². The maximum Gasteiger partial charge on any atom is 0.302 e. The van der Waals surface area contributed by atoms with Gasteiger partial charge in [0.25, 0.3) is 5.89 Å². The Morgan fingerprint density at radius 1 is 1.15 bits per heavy atom. The number of carbonyl (C=O) groups is 1. The lowest BCUT2D eigenvalue weighted by Gasteiger charge is -2.10. The zero-order chi connectivity index (χ0) is 23.6. The molecule has 1 amide bonds. The fourth-order valence-corrected chi connectivity index (χ4v) is 3.21. The third-order valence-electron chi connectivity index (χ3n) is 4.75. The van der Waals surface area contributed by atoms with Crippen molar-refractivity contribution in [3.8, 4) is 28.7 Å². The van der Waals surface area contributed by atoms with Gasteiger partial charge >= 0.3 is 5.66 Å². The zero-order valence-corrected chi connectivity index (χ0v) is 18.7. The van der Waals surface area contributed by atoms with Crippen molar-refractivity contribution in [3.05, 3.63) is 71.9 Å². The summed E-state index contributed by atoms with van der Waals surface area (Å²) in [5, 5.41) is 14.9. The SMILES string of the molecule is CC(N)C(=O)NCc1cccc(-n2nc(C(F)(F)P)cc2-c2nnc(-c3ccccc3)o2)c1. The van der Waals surface area contributed by atoms with Gasteiger partial charge in [0.15, 0.2) is 0 Å². The molecule has 4 aromatic rings. The Morgan fingerprint density at radius 3 is 2.58 bits per heavy atom. The number of carbonyl (C=O) groups excluding carboxylic acids is 1. The fraction of sp³-hybridized carbons (Fsp3) is 0.182. The molecule has 4 rings (SSSR count). The first-order valence-electron chi connectivity index (χ1n) is 10.0. The molecule has 170 valence electrons. The summed E-state index contributed by atoms with van der Waals surface area (Å²) in [5.41, 5.74) is 3.96. The van der Waals surface area contributed by atoms with E-state index in [2.05, 4.69) is 20.6 Å². The quantitative estimate of drug-likeness (QED) is 0.400. The molecule has 0 aliphatic heterocycles. The van der Waals surface area contributed by atoms with Crippen LogP contribution in [0.1, 0.15) is 18.2 Å². The van der Waals surface area contributed by atoms with Gasteiger partial charge in [-0.05, 0) is 42.8 Å². The van der Waals surface area contributed by atoms with E-state index in [1.165, 1.54) is 20.0 Å². The standard InChI is InChI=1S/C22H21F2N6O2P/c1-13(25)19(31)26-12-14-6-5-9-16(10-14)30-17(11-18(29-30)22(23,24)33)21-28-27-20(32-21)15-7-3-2-4-8-15/h2-11,13H,12,25,33H2,1H3,(H,26,31). The molecule has 2 heterocycles. The first-order chi connectivity index (χ1) is 15.7. The largest absolute Gasteiger partial charge is 0.415 e. The summed E-state index contributed by atoms with van der Waals surface area (Å²) in [4.78, 5) is 11.8. The van der Waals surface area contributed by atoms with Crippen molar-refractivity contribution in [2.75, 3.05) is 0 Å². The Labute approximate surface area is 190 Å². The molecule has 0 radical (unpaired) electrons. The number of halogens is 2. The summed E-state index contributed by atoms with van der Waals surface area (Å²) in [7, 11) is 1.47. The van der Waals surface area contributed by atoms with Crippen LogP contribution < -0.4 is 11.1 Å². The highest BCUT2D eigenvalue weighted by atomic mass is 31.0. The predicted molar refractivity (Wildman–Crippen MR) is 121 cm³/mol. The van der Waals surface area contributed by atoms with Crippen LogP contribution >= 0.6 is 9.24 Å². The van der Waals surface area contributed by atoms with Gasteiger partial charge < -0.3 is 15.5 Å². The summed E-state index contributed by atoms with van der Waals surface area (Å²) >= 11 is 0. The van der Waals surface area contributed by atoms with Crippen LogP contribution in [-0.2, 0) is 17.0 Å². The van der Waals surface area contributed by atoms with Crippen LogP contribution in [0.2, 0.25) is 0 Å². The number of aromatic nitrogens is 4. The van der Waals surface area contributed by atoms with Crippen LogP contribution in [0.5, 0.6) is 0 Å². The van der Waals surface area contributed by atoms with Crippen LogP contribution in [0.25, 0.3) is 28.7 Å². The van der Waals surface area contributed by atoms with Crippen molar-refractivity contribution in [1.82, 2.24) is 25.3 Å². The lowest BCUT2D eigenvalue weighted by Crippen LogP contribution is -2.37. The molecule has 0 aliphatic rings. The van der Waals surface area contributed by atoms with Crippen LogP contribution in [-0.4, -0.2) is 31.9 Å². The Balaban J connectivity index is 1.72. The third-order valence-corrected chi connectivity index (χ3v) is 5.05. The number of rotatable bonds is 7. The summed E-state index contributed by atoms with van der Waals surface area (Å²) in [6.07, 6.45) is 0. The second kappa shape index (κ2) is 9.17. The second-order valence-corrected chi connectivity index (χ2v) is 8.13. The van der Waals surface area contributed by atoms with Crippen molar-refractivity contribution in [2.24, 2.45) is 5.73 Å². The van der Waals surface area contributed by atoms with Gasteiger partial charge in [0.05, 0.1) is 11.7 Å². The molecule has 8 nitrogen and oxygen atoms in total. The molecule has 0 spiro atoms. The Morgan fingerprint density at radius 2 is 1.88 bits per heavy atom. The summed E-state index contributed by atoms with van der Waals surface area (Å²) < 4.78 is 35.2. The van der Waals surface area contributed by atoms with Crippen molar-refractivity contribution in [1.29, 1.82) is 0 Å². The number of amides is 1. The van der Waals surface area contributed by atoms with Gasteiger partial charge in [0.1, 0.15) is 11.4 Å². The lowest BCUT2D eigenvalue weighted by molar-refractivity contribution is -0.122. The van der Waals surface area contributed by atoms with E-state index in [1.54, 1.807) is 43.3 Å². The molecule has 0 fully saturated rings. The Kier molecular flexibility index (Phi) is 6.31. The van der Waals surface area contributed by atoms with Crippen LogP contribution in [0.3, 0.4) is 0 Å². The molecular weight excluding hydrogens is 449 g/mol. The first kappa shape index (κ1) is 22.7. The maximum atomic E-state index is 14.1. The van der Waals surface area contributed by atoms with E-state index in [0.717, 1.165) is 5.56 Å². The number of benzene rings is 2. The van der Waals surface area contributed by atoms with E-state index >= 15 is 0 Å². The van der Waals surface area contributed by atoms with Gasteiger partial charge in [-0.3, -0.25) is 4.79 Å². The van der Waals surface area contributed by atoms with Crippen LogP contribution in [0, 0.1) is 0 Å². The van der Waals surface area contributed by atoms with Crippen LogP contribution in [0.15, 0.2) is 65.1 Å². The smallest absolute Gasteiger partial charge is 0.302 e. The van der Waals surface area contributed by atoms with E-state index in [1.807, 2.05) is 18.2 Å². The molecule has 2 unspecified atom stereocenters. The van der Waals surface area contributed by atoms with Crippen LogP contribution in [0.4, 0.5) is 8.78 Å². The van der Waals surface area contributed by atoms with Crippen molar-refractivity contribution < 1.29 is 18.0 Å². The molecule has 2 aromatic carbocycles. The third kappa shape index (κ3) is 5.13. The molecule has 3 N–H and O–H groups in total. The summed E-state index contributed by atoms with van der Waals surface area (Å²) in [6.45, 7) is 1.80. The number of nitrogens with one attached hydrogen (secondary N) is 1. The average molecular weight is 470 g/mol. The topological polar surface area (TPSA) is 112 Å². The average Bonchev–Trinajstić information content (AvgIpc) is 3.45. The monoisotopic (exact) mass is 470 g/mol. The highest BCUT2D eigenvalue weighted by Gasteiger charge is 2.31. The normalized spacial score (nSPS) is 12.5. The number of hydrogen-bond acceptors (Lipinski definition) is 6. The van der Waals surface area contributed by atoms with Gasteiger partial charge in [0.2, 0.25) is 11.8 Å². The van der Waals surface area contributed by atoms with E-state index in [9.17, 15) is 13.6 Å². The number of hydrogen-bond donors (Lipinski definition) is 2. The minimum atomic E-state index is -3.26. The number of nitrogens with zero attached hydrogens (tertiary/aromatic N) is 4. The van der Waals surface area contributed by atoms with E-state index in [0.29, 0.717) is 11.3 Å². The molecule has 0 bridgehead atoms. The van der Waals surface area contributed by atoms with Crippen molar-refractivity contribution in [2.45, 2.75) is 25.2 Å². The van der Waals surface area contributed by atoms with Crippen molar-refractivity contribution in [3.63, 3.8) is 0 Å². The number of nitrogens with two attached hydrogens (primary N) is 1. The van der Waals surface area contributed by atoms with E-state index in [4.69, 9.17) is 10.2 Å². The summed E-state index contributed by atoms with van der Waals surface area (Å²) in [5.74, 6) is -0.00756. The molecule has 11 heteroatoms. The molecule has 0 saturated carbocycles. The van der Waals surface area contributed by atoms with Gasteiger partial charge in [-0.25, -0.2) is 4.68 Å². The van der Waals surface area contributed by atoms with E-state index < -0.39 is 17.4 Å². The predicted octanol–water partition coefficient (Wildman–Crippen LogP) is 3.48. The minimum Gasteiger partial charge on any atom is -0.415 e. The van der Waals surface area contributed by atoms with Crippen molar-refractivity contribution >= 4 is 15.1 Å².